The summed E-state index contributed by atoms with van der Waals surface area (Å²) < 4.78 is 5.53. The highest BCUT2D eigenvalue weighted by Gasteiger charge is 2.27. The number of fused-ring (bicyclic) bond motifs is 1. The number of carbonyl (C=O) groups excluding carboxylic acids is 2. The summed E-state index contributed by atoms with van der Waals surface area (Å²) in [6.07, 6.45) is 0. The summed E-state index contributed by atoms with van der Waals surface area (Å²) in [5.74, 6) is 0.319. The van der Waals surface area contributed by atoms with Crippen LogP contribution in [0.3, 0.4) is 0 Å². The second-order valence-corrected chi connectivity index (χ2v) is 5.63. The average molecular weight is 312 g/mol. The lowest BCUT2D eigenvalue weighted by Gasteiger charge is -2.10. The standard InChI is InChI=1S/C12H10ClN3O3S/c13-7-1-2-9-8(5-7)15-12(19-9)20-4-3-16-10(17)6-14-11(16)18/h1-2,5H,3-4,6H2,(H,14,18). The number of nitrogens with zero attached hydrogens (tertiary/aromatic N) is 2. The Kier molecular flexibility index (Phi) is 3.54. The fourth-order valence-corrected chi connectivity index (χ4v) is 2.77. The van der Waals surface area contributed by atoms with Gasteiger partial charge in [0.2, 0.25) is 5.91 Å². The minimum Gasteiger partial charge on any atom is -0.431 e. The Morgan fingerprint density at radius 1 is 1.45 bits per heavy atom. The maximum Gasteiger partial charge on any atom is 0.324 e. The van der Waals surface area contributed by atoms with Crippen molar-refractivity contribution in [3.8, 4) is 0 Å². The Morgan fingerprint density at radius 3 is 3.05 bits per heavy atom. The Labute approximate surface area is 123 Å². The lowest BCUT2D eigenvalue weighted by molar-refractivity contribution is -0.124. The van der Waals surface area contributed by atoms with Crippen LogP contribution < -0.4 is 5.32 Å². The maximum absolute atomic E-state index is 11.4. The molecule has 1 N–H and O–H groups in total. The lowest BCUT2D eigenvalue weighted by Crippen LogP contribution is -2.32. The third kappa shape index (κ3) is 2.59. The number of thioether (sulfide) groups is 1. The minimum atomic E-state index is -0.347. The van der Waals surface area contributed by atoms with Gasteiger partial charge >= 0.3 is 6.03 Å². The molecule has 0 radical (unpaired) electrons. The first-order chi connectivity index (χ1) is 9.63. The number of imide groups is 1. The smallest absolute Gasteiger partial charge is 0.324 e. The summed E-state index contributed by atoms with van der Waals surface area (Å²) in [6.45, 7) is 0.402. The molecule has 0 spiro atoms. The molecule has 104 valence electrons. The second-order valence-electron chi connectivity index (χ2n) is 4.14. The van der Waals surface area contributed by atoms with Crippen LogP contribution in [-0.2, 0) is 4.79 Å². The first kappa shape index (κ1) is 13.3. The van der Waals surface area contributed by atoms with Crippen LogP contribution in [0.2, 0.25) is 5.02 Å². The van der Waals surface area contributed by atoms with Crippen LogP contribution >= 0.6 is 23.4 Å². The molecule has 0 atom stereocenters. The Balaban J connectivity index is 1.62. The number of nitrogens with one attached hydrogen (secondary N) is 1. The highest BCUT2D eigenvalue weighted by atomic mass is 35.5. The van der Waals surface area contributed by atoms with Crippen LogP contribution in [0.1, 0.15) is 0 Å². The molecule has 1 fully saturated rings. The SMILES string of the molecule is O=C1CNC(=O)N1CCSc1nc2cc(Cl)ccc2o1. The molecule has 20 heavy (non-hydrogen) atoms. The minimum absolute atomic E-state index is 0.0743. The summed E-state index contributed by atoms with van der Waals surface area (Å²) in [5.41, 5.74) is 1.35. The Bertz CT molecular complexity index is 672. The number of urea groups is 1. The van der Waals surface area contributed by atoms with Crippen LogP contribution in [0.5, 0.6) is 0 Å². The molecule has 0 unspecified atom stereocenters. The van der Waals surface area contributed by atoms with E-state index in [1.165, 1.54) is 16.7 Å². The van der Waals surface area contributed by atoms with Crippen molar-refractivity contribution >= 4 is 46.4 Å². The largest absolute Gasteiger partial charge is 0.431 e. The summed E-state index contributed by atoms with van der Waals surface area (Å²) in [6, 6.07) is 4.87. The molecular weight excluding hydrogens is 302 g/mol. The highest BCUT2D eigenvalue weighted by Crippen LogP contribution is 2.25. The van der Waals surface area contributed by atoms with E-state index in [0.29, 0.717) is 33.6 Å². The monoisotopic (exact) mass is 311 g/mol. The summed E-state index contributed by atoms with van der Waals surface area (Å²) in [7, 11) is 0. The zero-order chi connectivity index (χ0) is 14.1. The van der Waals surface area contributed by atoms with Gasteiger partial charge in [0.05, 0.1) is 6.54 Å². The average Bonchev–Trinajstić information content (AvgIpc) is 2.95. The van der Waals surface area contributed by atoms with Crippen molar-refractivity contribution in [3.05, 3.63) is 23.2 Å². The molecular formula is C12H10ClN3O3S. The molecule has 0 aliphatic carbocycles. The van der Waals surface area contributed by atoms with Gasteiger partial charge in [-0.2, -0.15) is 0 Å². The van der Waals surface area contributed by atoms with E-state index in [1.54, 1.807) is 18.2 Å². The van der Waals surface area contributed by atoms with Crippen molar-refractivity contribution < 1.29 is 14.0 Å². The van der Waals surface area contributed by atoms with Gasteiger partial charge in [-0.1, -0.05) is 23.4 Å². The van der Waals surface area contributed by atoms with Gasteiger partial charge in [0.15, 0.2) is 5.58 Å². The summed E-state index contributed by atoms with van der Waals surface area (Å²) >= 11 is 7.22. The van der Waals surface area contributed by atoms with E-state index >= 15 is 0 Å². The molecule has 1 aliphatic heterocycles. The van der Waals surface area contributed by atoms with Crippen LogP contribution in [0.4, 0.5) is 4.79 Å². The fourth-order valence-electron chi connectivity index (χ4n) is 1.85. The number of rotatable bonds is 4. The highest BCUT2D eigenvalue weighted by molar-refractivity contribution is 7.99. The van der Waals surface area contributed by atoms with Gasteiger partial charge < -0.3 is 9.73 Å². The fraction of sp³-hybridized carbons (Fsp3) is 0.250. The van der Waals surface area contributed by atoms with Gasteiger partial charge in [0, 0.05) is 17.3 Å². The van der Waals surface area contributed by atoms with Crippen LogP contribution in [-0.4, -0.2) is 40.7 Å². The molecule has 2 aromatic rings. The van der Waals surface area contributed by atoms with Crippen molar-refractivity contribution in [3.63, 3.8) is 0 Å². The normalized spacial score (nSPS) is 15.2. The summed E-state index contributed by atoms with van der Waals surface area (Å²) in [5, 5.41) is 3.56. The zero-order valence-corrected chi connectivity index (χ0v) is 11.8. The van der Waals surface area contributed by atoms with Gasteiger partial charge in [0.1, 0.15) is 5.52 Å². The number of oxazole rings is 1. The van der Waals surface area contributed by atoms with Crippen LogP contribution in [0.15, 0.2) is 27.8 Å². The number of halogens is 1. The molecule has 1 aromatic heterocycles. The predicted octanol–water partition coefficient (Wildman–Crippen LogP) is 2.13. The number of hydrogen-bond donors (Lipinski definition) is 1. The van der Waals surface area contributed by atoms with Crippen molar-refractivity contribution in [2.75, 3.05) is 18.8 Å². The van der Waals surface area contributed by atoms with Gasteiger partial charge in [-0.05, 0) is 18.2 Å². The van der Waals surface area contributed by atoms with Crippen molar-refractivity contribution in [2.45, 2.75) is 5.22 Å². The topological polar surface area (TPSA) is 75.4 Å². The zero-order valence-electron chi connectivity index (χ0n) is 10.3. The molecule has 1 aromatic carbocycles. The molecule has 0 saturated carbocycles. The van der Waals surface area contributed by atoms with E-state index in [2.05, 4.69) is 10.3 Å². The van der Waals surface area contributed by atoms with Crippen molar-refractivity contribution in [1.82, 2.24) is 15.2 Å². The third-order valence-electron chi connectivity index (χ3n) is 2.81. The van der Waals surface area contributed by atoms with Gasteiger partial charge in [-0.3, -0.25) is 9.69 Å². The Morgan fingerprint density at radius 2 is 2.30 bits per heavy atom. The molecule has 1 aliphatic rings. The Hall–Kier alpha value is -1.73. The van der Waals surface area contributed by atoms with Gasteiger partial charge in [0.25, 0.3) is 5.22 Å². The van der Waals surface area contributed by atoms with Gasteiger partial charge in [-0.15, -0.1) is 0 Å². The first-order valence-corrected chi connectivity index (χ1v) is 7.27. The molecule has 2 heterocycles. The quantitative estimate of drug-likeness (QED) is 0.691. The van der Waals surface area contributed by atoms with Crippen molar-refractivity contribution in [2.24, 2.45) is 0 Å². The lowest BCUT2D eigenvalue weighted by atomic mass is 10.3. The van der Waals surface area contributed by atoms with Crippen LogP contribution in [0.25, 0.3) is 11.1 Å². The van der Waals surface area contributed by atoms with E-state index in [0.717, 1.165) is 0 Å². The molecule has 3 amide bonds. The molecule has 8 heteroatoms. The third-order valence-corrected chi connectivity index (χ3v) is 3.85. The second kappa shape index (κ2) is 5.34. The first-order valence-electron chi connectivity index (χ1n) is 5.90. The predicted molar refractivity (Wildman–Crippen MR) is 74.9 cm³/mol. The molecule has 0 bridgehead atoms. The van der Waals surface area contributed by atoms with Crippen molar-refractivity contribution in [1.29, 1.82) is 0 Å². The van der Waals surface area contributed by atoms with E-state index in [-0.39, 0.29) is 18.5 Å². The van der Waals surface area contributed by atoms with Crippen LogP contribution in [0, 0.1) is 0 Å². The number of hydrogen-bond acceptors (Lipinski definition) is 5. The molecule has 6 nitrogen and oxygen atoms in total. The van der Waals surface area contributed by atoms with E-state index in [1.807, 2.05) is 0 Å². The number of carbonyl (C=O) groups is 2. The molecule has 1 saturated heterocycles. The number of amides is 3. The van der Waals surface area contributed by atoms with E-state index in [9.17, 15) is 9.59 Å². The van der Waals surface area contributed by atoms with Gasteiger partial charge in [-0.25, -0.2) is 9.78 Å². The maximum atomic E-state index is 11.4. The number of aromatic nitrogens is 1. The summed E-state index contributed by atoms with van der Waals surface area (Å²) in [4.78, 5) is 28.2. The number of benzene rings is 1. The molecule has 3 rings (SSSR count). The van der Waals surface area contributed by atoms with E-state index in [4.69, 9.17) is 16.0 Å². The van der Waals surface area contributed by atoms with E-state index < -0.39 is 0 Å².